The third-order valence-corrected chi connectivity index (χ3v) is 2.17. The Labute approximate surface area is 80.7 Å². The van der Waals surface area contributed by atoms with Crippen molar-refractivity contribution in [2.24, 2.45) is 0 Å². The molecule has 0 unspecified atom stereocenters. The van der Waals surface area contributed by atoms with E-state index in [1.54, 1.807) is 0 Å². The summed E-state index contributed by atoms with van der Waals surface area (Å²) < 4.78 is 5.42. The zero-order chi connectivity index (χ0) is 9.84. The first-order valence-corrected chi connectivity index (χ1v) is 4.88. The van der Waals surface area contributed by atoms with Gasteiger partial charge in [-0.15, -0.1) is 0 Å². The third kappa shape index (κ3) is 2.48. The zero-order valence-corrected chi connectivity index (χ0v) is 8.92. The van der Waals surface area contributed by atoms with Gasteiger partial charge in [0.25, 0.3) is 0 Å². The molecule has 1 rings (SSSR count). The molecular formula is C12H18O. The van der Waals surface area contributed by atoms with Crippen LogP contribution in [0.4, 0.5) is 0 Å². The minimum absolute atomic E-state index is 0.593. The molecule has 1 aromatic rings. The molecular weight excluding hydrogens is 160 g/mol. The van der Waals surface area contributed by atoms with Gasteiger partial charge in [0.15, 0.2) is 0 Å². The van der Waals surface area contributed by atoms with Crippen LogP contribution in [0.3, 0.4) is 0 Å². The molecule has 0 atom stereocenters. The lowest BCUT2D eigenvalue weighted by Gasteiger charge is -2.11. The molecule has 0 saturated carbocycles. The molecule has 0 spiro atoms. The van der Waals surface area contributed by atoms with Gasteiger partial charge in [-0.1, -0.05) is 19.9 Å². The first-order chi connectivity index (χ1) is 6.15. The maximum absolute atomic E-state index is 5.42. The Hall–Kier alpha value is -0.980. The van der Waals surface area contributed by atoms with E-state index in [-0.39, 0.29) is 0 Å². The highest BCUT2D eigenvalue weighted by Gasteiger charge is 2.03. The van der Waals surface area contributed by atoms with Crippen molar-refractivity contribution in [1.29, 1.82) is 0 Å². The normalized spacial score (nSPS) is 10.5. The summed E-state index contributed by atoms with van der Waals surface area (Å²) in [5.74, 6) is 1.57. The van der Waals surface area contributed by atoms with E-state index in [9.17, 15) is 0 Å². The second-order valence-corrected chi connectivity index (χ2v) is 3.61. The predicted octanol–water partition coefficient (Wildman–Crippen LogP) is 3.52. The van der Waals surface area contributed by atoms with E-state index in [1.165, 1.54) is 11.1 Å². The summed E-state index contributed by atoms with van der Waals surface area (Å²) in [6, 6.07) is 6.32. The summed E-state index contributed by atoms with van der Waals surface area (Å²) >= 11 is 0. The highest BCUT2D eigenvalue weighted by Crippen LogP contribution is 2.23. The molecule has 1 aromatic carbocycles. The van der Waals surface area contributed by atoms with Gasteiger partial charge < -0.3 is 4.74 Å². The summed E-state index contributed by atoms with van der Waals surface area (Å²) in [5.41, 5.74) is 2.73. The van der Waals surface area contributed by atoms with Crippen LogP contribution < -0.4 is 4.74 Å². The number of aryl methyl sites for hydroxylation is 1. The Balaban J connectivity index is 2.92. The van der Waals surface area contributed by atoms with Gasteiger partial charge in [0.1, 0.15) is 5.75 Å². The molecule has 0 amide bonds. The van der Waals surface area contributed by atoms with Crippen LogP contribution in [0.1, 0.15) is 37.8 Å². The van der Waals surface area contributed by atoms with Gasteiger partial charge in [0.05, 0.1) is 6.61 Å². The molecule has 72 valence electrons. The third-order valence-electron chi connectivity index (χ3n) is 2.17. The van der Waals surface area contributed by atoms with Gasteiger partial charge in [-0.2, -0.15) is 0 Å². The summed E-state index contributed by atoms with van der Waals surface area (Å²) in [4.78, 5) is 0. The number of hydrogen-bond donors (Lipinski definition) is 0. The van der Waals surface area contributed by atoms with E-state index >= 15 is 0 Å². The Bertz CT molecular complexity index is 276. The average Bonchev–Trinajstić information content (AvgIpc) is 2.04. The number of benzene rings is 1. The number of rotatable bonds is 3. The van der Waals surface area contributed by atoms with E-state index in [1.807, 2.05) is 13.0 Å². The highest BCUT2D eigenvalue weighted by molar-refractivity contribution is 5.36. The second-order valence-electron chi connectivity index (χ2n) is 3.61. The lowest BCUT2D eigenvalue weighted by atomic mass is 9.98. The topological polar surface area (TPSA) is 9.23 Å². The van der Waals surface area contributed by atoms with Crippen molar-refractivity contribution in [3.05, 3.63) is 29.3 Å². The summed E-state index contributed by atoms with van der Waals surface area (Å²) in [6.07, 6.45) is 0. The maximum atomic E-state index is 5.42. The van der Waals surface area contributed by atoms with Gasteiger partial charge in [0.2, 0.25) is 0 Å². The first kappa shape index (κ1) is 10.1. The van der Waals surface area contributed by atoms with E-state index in [0.717, 1.165) is 12.4 Å². The molecule has 1 heteroatoms. The van der Waals surface area contributed by atoms with Crippen LogP contribution in [0.5, 0.6) is 5.75 Å². The van der Waals surface area contributed by atoms with Crippen LogP contribution in [0.25, 0.3) is 0 Å². The van der Waals surface area contributed by atoms with E-state index < -0.39 is 0 Å². The molecule has 0 aliphatic rings. The second kappa shape index (κ2) is 4.31. The Morgan fingerprint density at radius 2 is 2.00 bits per heavy atom. The van der Waals surface area contributed by atoms with Crippen molar-refractivity contribution >= 4 is 0 Å². The zero-order valence-electron chi connectivity index (χ0n) is 8.92. The lowest BCUT2D eigenvalue weighted by Crippen LogP contribution is -1.95. The highest BCUT2D eigenvalue weighted by atomic mass is 16.5. The minimum atomic E-state index is 0.593. The maximum Gasteiger partial charge on any atom is 0.119 e. The van der Waals surface area contributed by atoms with E-state index in [4.69, 9.17) is 4.74 Å². The Morgan fingerprint density at radius 1 is 1.31 bits per heavy atom. The summed E-state index contributed by atoms with van der Waals surface area (Å²) in [5, 5.41) is 0. The smallest absolute Gasteiger partial charge is 0.119 e. The Morgan fingerprint density at radius 3 is 2.46 bits per heavy atom. The predicted molar refractivity (Wildman–Crippen MR) is 56.4 cm³/mol. The molecule has 0 heterocycles. The van der Waals surface area contributed by atoms with E-state index in [0.29, 0.717) is 5.92 Å². The van der Waals surface area contributed by atoms with Crippen molar-refractivity contribution in [3.8, 4) is 5.75 Å². The van der Waals surface area contributed by atoms with E-state index in [2.05, 4.69) is 32.9 Å². The molecule has 13 heavy (non-hydrogen) atoms. The molecule has 0 aliphatic carbocycles. The van der Waals surface area contributed by atoms with Crippen molar-refractivity contribution in [3.63, 3.8) is 0 Å². The summed E-state index contributed by atoms with van der Waals surface area (Å²) in [7, 11) is 0. The standard InChI is InChI=1S/C12H18O/c1-5-13-11-6-7-12(9(2)3)10(4)8-11/h6-9H,5H2,1-4H3. The average molecular weight is 178 g/mol. The Kier molecular flexibility index (Phi) is 3.35. The van der Waals surface area contributed by atoms with Crippen LogP contribution in [0.15, 0.2) is 18.2 Å². The van der Waals surface area contributed by atoms with Crippen LogP contribution in [0, 0.1) is 6.92 Å². The van der Waals surface area contributed by atoms with Gasteiger partial charge >= 0.3 is 0 Å². The fourth-order valence-corrected chi connectivity index (χ4v) is 1.55. The molecule has 0 fully saturated rings. The van der Waals surface area contributed by atoms with Gasteiger partial charge in [0, 0.05) is 0 Å². The van der Waals surface area contributed by atoms with Crippen LogP contribution in [-0.4, -0.2) is 6.61 Å². The lowest BCUT2D eigenvalue weighted by molar-refractivity contribution is 0.340. The molecule has 0 radical (unpaired) electrons. The molecule has 0 aliphatic heterocycles. The first-order valence-electron chi connectivity index (χ1n) is 4.88. The molecule has 0 bridgehead atoms. The number of hydrogen-bond acceptors (Lipinski definition) is 1. The summed E-state index contributed by atoms with van der Waals surface area (Å²) in [6.45, 7) is 9.30. The van der Waals surface area contributed by atoms with Gasteiger partial charge in [-0.25, -0.2) is 0 Å². The molecule has 1 nitrogen and oxygen atoms in total. The van der Waals surface area contributed by atoms with Crippen molar-refractivity contribution < 1.29 is 4.74 Å². The van der Waals surface area contributed by atoms with Crippen molar-refractivity contribution in [2.45, 2.75) is 33.6 Å². The molecule has 0 N–H and O–H groups in total. The monoisotopic (exact) mass is 178 g/mol. The minimum Gasteiger partial charge on any atom is -0.494 e. The van der Waals surface area contributed by atoms with Gasteiger partial charge in [-0.3, -0.25) is 0 Å². The van der Waals surface area contributed by atoms with Gasteiger partial charge in [-0.05, 0) is 43.0 Å². The largest absolute Gasteiger partial charge is 0.494 e. The van der Waals surface area contributed by atoms with Crippen LogP contribution >= 0.6 is 0 Å². The number of ether oxygens (including phenoxy) is 1. The van der Waals surface area contributed by atoms with Crippen LogP contribution in [0.2, 0.25) is 0 Å². The molecule has 0 saturated heterocycles. The quantitative estimate of drug-likeness (QED) is 0.688. The SMILES string of the molecule is CCOc1ccc(C(C)C)c(C)c1. The van der Waals surface area contributed by atoms with Crippen molar-refractivity contribution in [1.82, 2.24) is 0 Å². The fourth-order valence-electron chi connectivity index (χ4n) is 1.55. The molecule has 0 aromatic heterocycles. The van der Waals surface area contributed by atoms with Crippen LogP contribution in [-0.2, 0) is 0 Å². The van der Waals surface area contributed by atoms with Crippen molar-refractivity contribution in [2.75, 3.05) is 6.61 Å². The fraction of sp³-hybridized carbons (Fsp3) is 0.500.